The molecule has 0 aliphatic heterocycles. The molecule has 0 saturated carbocycles. The largest absolute Gasteiger partial charge is 0.426 e. The van der Waals surface area contributed by atoms with Crippen molar-refractivity contribution >= 4 is 5.97 Å². The van der Waals surface area contributed by atoms with Crippen molar-refractivity contribution in [3.05, 3.63) is 65.2 Å². The summed E-state index contributed by atoms with van der Waals surface area (Å²) in [5.41, 5.74) is 2.98. The zero-order chi connectivity index (χ0) is 22.1. The van der Waals surface area contributed by atoms with E-state index in [1.165, 1.54) is 5.56 Å². The van der Waals surface area contributed by atoms with Gasteiger partial charge in [-0.15, -0.1) is 0 Å². The molecule has 0 aromatic heterocycles. The summed E-state index contributed by atoms with van der Waals surface area (Å²) in [7, 11) is 0. The van der Waals surface area contributed by atoms with Gasteiger partial charge in [-0.1, -0.05) is 43.3 Å². The van der Waals surface area contributed by atoms with E-state index >= 15 is 0 Å². The summed E-state index contributed by atoms with van der Waals surface area (Å²) in [5, 5.41) is 9.72. The normalized spacial score (nSPS) is 12.6. The van der Waals surface area contributed by atoms with E-state index in [0.717, 1.165) is 30.5 Å². The Kier molecular flexibility index (Phi) is 9.54. The second kappa shape index (κ2) is 11.9. The highest BCUT2D eigenvalue weighted by Gasteiger charge is 2.23. The van der Waals surface area contributed by atoms with E-state index < -0.39 is 0 Å². The number of rotatable bonds is 11. The Labute approximate surface area is 181 Å². The Bertz CT molecular complexity index is 778. The van der Waals surface area contributed by atoms with E-state index in [9.17, 15) is 9.90 Å². The topological polar surface area (TPSA) is 49.8 Å². The Morgan fingerprint density at radius 3 is 2.27 bits per heavy atom. The molecule has 1 atom stereocenters. The van der Waals surface area contributed by atoms with Gasteiger partial charge in [0.2, 0.25) is 0 Å². The molecule has 0 saturated heterocycles. The summed E-state index contributed by atoms with van der Waals surface area (Å²) in [6.07, 6.45) is 2.04. The minimum atomic E-state index is -0.215. The van der Waals surface area contributed by atoms with Crippen LogP contribution in [0.15, 0.2) is 48.5 Å². The fourth-order valence-electron chi connectivity index (χ4n) is 4.02. The van der Waals surface area contributed by atoms with Crippen molar-refractivity contribution in [2.75, 3.05) is 6.54 Å². The minimum absolute atomic E-state index is 0.0399. The van der Waals surface area contributed by atoms with Crippen molar-refractivity contribution in [2.45, 2.75) is 78.5 Å². The van der Waals surface area contributed by atoms with Crippen LogP contribution in [0.1, 0.15) is 76.5 Å². The molecule has 2 aromatic carbocycles. The van der Waals surface area contributed by atoms with Crippen LogP contribution in [0.4, 0.5) is 0 Å². The third-order valence-corrected chi connectivity index (χ3v) is 5.51. The van der Waals surface area contributed by atoms with Crippen molar-refractivity contribution in [3.63, 3.8) is 0 Å². The van der Waals surface area contributed by atoms with Crippen LogP contribution in [0.2, 0.25) is 0 Å². The molecule has 0 spiro atoms. The van der Waals surface area contributed by atoms with Gasteiger partial charge in [0.15, 0.2) is 0 Å². The SMILES string of the molecule is CCCC(=O)Oc1ccc(CO)cc1C(CCN(C(C)C)C(C)C)c1ccccc1. The summed E-state index contributed by atoms with van der Waals surface area (Å²) >= 11 is 0. The van der Waals surface area contributed by atoms with Crippen molar-refractivity contribution in [1.29, 1.82) is 0 Å². The van der Waals surface area contributed by atoms with Gasteiger partial charge in [0.1, 0.15) is 5.75 Å². The first-order chi connectivity index (χ1) is 14.4. The molecule has 164 valence electrons. The molecule has 0 amide bonds. The number of hydrogen-bond acceptors (Lipinski definition) is 4. The number of hydrogen-bond donors (Lipinski definition) is 1. The van der Waals surface area contributed by atoms with Crippen LogP contribution < -0.4 is 4.74 Å². The van der Waals surface area contributed by atoms with Crippen molar-refractivity contribution in [1.82, 2.24) is 4.90 Å². The molecule has 0 aliphatic rings. The number of carbonyl (C=O) groups is 1. The van der Waals surface area contributed by atoms with E-state index in [2.05, 4.69) is 44.7 Å². The lowest BCUT2D eigenvalue weighted by molar-refractivity contribution is -0.134. The molecule has 4 heteroatoms. The lowest BCUT2D eigenvalue weighted by atomic mass is 9.86. The first-order valence-electron chi connectivity index (χ1n) is 11.1. The maximum Gasteiger partial charge on any atom is 0.311 e. The highest BCUT2D eigenvalue weighted by Crippen LogP contribution is 2.36. The van der Waals surface area contributed by atoms with Crippen molar-refractivity contribution in [2.24, 2.45) is 0 Å². The molecule has 1 N–H and O–H groups in total. The van der Waals surface area contributed by atoms with Gasteiger partial charge >= 0.3 is 5.97 Å². The number of benzene rings is 2. The number of carbonyl (C=O) groups excluding carboxylic acids is 1. The molecule has 0 aliphatic carbocycles. The molecule has 30 heavy (non-hydrogen) atoms. The second-order valence-corrected chi connectivity index (χ2v) is 8.43. The van der Waals surface area contributed by atoms with Crippen molar-refractivity contribution < 1.29 is 14.6 Å². The molecule has 0 radical (unpaired) electrons. The van der Waals surface area contributed by atoms with Gasteiger partial charge in [-0.3, -0.25) is 9.69 Å². The number of aliphatic hydroxyl groups excluding tert-OH is 1. The Morgan fingerprint density at radius 1 is 1.03 bits per heavy atom. The molecule has 0 bridgehead atoms. The number of ether oxygens (including phenoxy) is 1. The maximum absolute atomic E-state index is 12.2. The molecular weight excluding hydrogens is 374 g/mol. The Hall–Kier alpha value is -2.17. The number of esters is 1. The lowest BCUT2D eigenvalue weighted by Gasteiger charge is -2.32. The Morgan fingerprint density at radius 2 is 1.70 bits per heavy atom. The molecule has 4 nitrogen and oxygen atoms in total. The third kappa shape index (κ3) is 6.68. The van der Waals surface area contributed by atoms with Gasteiger partial charge in [-0.05, 0) is 70.3 Å². The van der Waals surface area contributed by atoms with Crippen LogP contribution in [-0.2, 0) is 11.4 Å². The van der Waals surface area contributed by atoms with Crippen LogP contribution in [0.25, 0.3) is 0 Å². The minimum Gasteiger partial charge on any atom is -0.426 e. The molecule has 0 fully saturated rings. The smallest absolute Gasteiger partial charge is 0.311 e. The average molecular weight is 412 g/mol. The van der Waals surface area contributed by atoms with E-state index in [1.54, 1.807) is 0 Å². The summed E-state index contributed by atoms with van der Waals surface area (Å²) in [4.78, 5) is 14.7. The maximum atomic E-state index is 12.2. The summed E-state index contributed by atoms with van der Waals surface area (Å²) in [6, 6.07) is 16.9. The first-order valence-corrected chi connectivity index (χ1v) is 11.1. The van der Waals surface area contributed by atoms with Crippen molar-refractivity contribution in [3.8, 4) is 5.75 Å². The highest BCUT2D eigenvalue weighted by atomic mass is 16.5. The predicted octanol–water partition coefficient (Wildman–Crippen LogP) is 5.53. The van der Waals surface area contributed by atoms with Gasteiger partial charge in [0.25, 0.3) is 0 Å². The van der Waals surface area contributed by atoms with E-state index in [1.807, 2.05) is 43.3 Å². The van der Waals surface area contributed by atoms with Gasteiger partial charge in [-0.25, -0.2) is 0 Å². The van der Waals surface area contributed by atoms with Gasteiger partial charge in [-0.2, -0.15) is 0 Å². The van der Waals surface area contributed by atoms with Crippen LogP contribution in [0.3, 0.4) is 0 Å². The fraction of sp³-hybridized carbons (Fsp3) is 0.500. The van der Waals surface area contributed by atoms with Crippen LogP contribution in [0, 0.1) is 0 Å². The fourth-order valence-corrected chi connectivity index (χ4v) is 4.02. The molecular formula is C26H37NO3. The van der Waals surface area contributed by atoms with Crippen LogP contribution in [-0.4, -0.2) is 34.6 Å². The summed E-state index contributed by atoms with van der Waals surface area (Å²) in [6.45, 7) is 11.8. The third-order valence-electron chi connectivity index (χ3n) is 5.51. The first kappa shape index (κ1) is 24.1. The zero-order valence-electron chi connectivity index (χ0n) is 19.1. The highest BCUT2D eigenvalue weighted by molar-refractivity contribution is 5.73. The summed E-state index contributed by atoms with van der Waals surface area (Å²) < 4.78 is 5.76. The van der Waals surface area contributed by atoms with Gasteiger partial charge in [0.05, 0.1) is 6.61 Å². The second-order valence-electron chi connectivity index (χ2n) is 8.43. The monoisotopic (exact) mass is 411 g/mol. The van der Waals surface area contributed by atoms with E-state index in [-0.39, 0.29) is 18.5 Å². The van der Waals surface area contributed by atoms with E-state index in [4.69, 9.17) is 4.74 Å². The molecule has 2 rings (SSSR count). The standard InChI is InChI=1S/C26H37NO3/c1-6-10-26(29)30-25-14-13-21(18-28)17-24(25)23(22-11-8-7-9-12-22)15-16-27(19(2)3)20(4)5/h7-9,11-14,17,19-20,23,28H,6,10,15-16,18H2,1-5H3. The molecule has 0 heterocycles. The van der Waals surface area contributed by atoms with Gasteiger partial charge < -0.3 is 9.84 Å². The zero-order valence-corrected chi connectivity index (χ0v) is 19.1. The van der Waals surface area contributed by atoms with E-state index in [0.29, 0.717) is 24.3 Å². The predicted molar refractivity (Wildman–Crippen MR) is 123 cm³/mol. The van der Waals surface area contributed by atoms with Crippen LogP contribution >= 0.6 is 0 Å². The summed E-state index contributed by atoms with van der Waals surface area (Å²) in [5.74, 6) is 0.454. The lowest BCUT2D eigenvalue weighted by Crippen LogP contribution is -2.38. The molecule has 1 unspecified atom stereocenters. The van der Waals surface area contributed by atoms with Crippen LogP contribution in [0.5, 0.6) is 5.75 Å². The van der Waals surface area contributed by atoms with Gasteiger partial charge in [0, 0.05) is 30.0 Å². The molecule has 2 aromatic rings. The quantitative estimate of drug-likeness (QED) is 0.390. The number of aliphatic hydroxyl groups is 1. The Balaban J connectivity index is 2.45. The average Bonchev–Trinajstić information content (AvgIpc) is 2.72. The number of nitrogens with zero attached hydrogens (tertiary/aromatic N) is 1.